The largest absolute Gasteiger partial charge is 0.368 e. The normalized spacial score (nSPS) is 11.6. The lowest BCUT2D eigenvalue weighted by Crippen LogP contribution is -2.50. The second-order valence-electron chi connectivity index (χ2n) is 8.02. The number of aromatic nitrogens is 1. The van der Waals surface area contributed by atoms with E-state index in [2.05, 4.69) is 31.3 Å². The molecule has 0 fully saturated rings. The summed E-state index contributed by atoms with van der Waals surface area (Å²) >= 11 is 0. The van der Waals surface area contributed by atoms with Crippen molar-refractivity contribution in [1.82, 2.24) is 21.0 Å². The molecule has 3 amide bonds. The summed E-state index contributed by atoms with van der Waals surface area (Å²) in [7, 11) is 0. The number of hydrogen-bond acceptors (Lipinski definition) is 7. The molecule has 0 aliphatic rings. The predicted molar refractivity (Wildman–Crippen MR) is 160 cm³/mol. The highest BCUT2D eigenvalue weighted by molar-refractivity contribution is 5.92. The minimum atomic E-state index is -0.906. The fraction of sp³-hybridized carbons (Fsp3) is 0.233. The average molecular weight is 560 g/mol. The molecule has 1 aromatic heterocycles. The van der Waals surface area contributed by atoms with Crippen LogP contribution < -0.4 is 21.8 Å². The molecule has 2 unspecified atom stereocenters. The van der Waals surface area contributed by atoms with Crippen molar-refractivity contribution in [2.24, 2.45) is 16.0 Å². The van der Waals surface area contributed by atoms with Crippen LogP contribution in [0.15, 0.2) is 108 Å². The molecule has 0 aliphatic heterocycles. The number of amides is 3. The maximum absolute atomic E-state index is 12.8. The topological polar surface area (TPSA) is 168 Å². The molecule has 2 atom stereocenters. The summed E-state index contributed by atoms with van der Waals surface area (Å²) in [6, 6.07) is 20.2. The van der Waals surface area contributed by atoms with Gasteiger partial charge in [0, 0.05) is 43.8 Å². The van der Waals surface area contributed by atoms with Gasteiger partial charge in [-0.2, -0.15) is 0 Å². The molecule has 0 spiro atoms. The second kappa shape index (κ2) is 20.7. The van der Waals surface area contributed by atoms with Gasteiger partial charge in [-0.3, -0.25) is 24.4 Å². The molecule has 11 nitrogen and oxygen atoms in total. The smallest absolute Gasteiger partial charge is 0.247 e. The van der Waals surface area contributed by atoms with E-state index in [1.54, 1.807) is 61.9 Å². The lowest BCUT2D eigenvalue weighted by molar-refractivity contribution is -0.131. The van der Waals surface area contributed by atoms with Crippen LogP contribution in [0.1, 0.15) is 49.9 Å². The number of nitroso groups, excluding NO2 is 1. The number of nitrogens with one attached hydrogen (secondary N) is 3. The third-order valence-electron chi connectivity index (χ3n) is 5.16. The molecular formula is C30H37N7O4. The molecule has 5 N–H and O–H groups in total. The van der Waals surface area contributed by atoms with E-state index in [1.165, 1.54) is 12.4 Å². The van der Waals surface area contributed by atoms with Gasteiger partial charge in [-0.15, -0.1) is 4.91 Å². The van der Waals surface area contributed by atoms with Crippen LogP contribution in [0.2, 0.25) is 0 Å². The van der Waals surface area contributed by atoms with Crippen LogP contribution >= 0.6 is 0 Å². The van der Waals surface area contributed by atoms with E-state index in [1.807, 2.05) is 50.2 Å². The maximum atomic E-state index is 12.8. The first-order valence-corrected chi connectivity index (χ1v) is 13.1. The Morgan fingerprint density at radius 3 is 2.17 bits per heavy atom. The summed E-state index contributed by atoms with van der Waals surface area (Å²) in [6.07, 6.45) is 8.18. The number of rotatable bonds is 12. The lowest BCUT2D eigenvalue weighted by atomic mass is 10.0. The van der Waals surface area contributed by atoms with E-state index in [0.717, 1.165) is 11.1 Å². The second-order valence-corrected chi connectivity index (χ2v) is 8.02. The van der Waals surface area contributed by atoms with Crippen molar-refractivity contribution in [3.63, 3.8) is 0 Å². The zero-order valence-electron chi connectivity index (χ0n) is 23.4. The molecule has 0 radical (unpaired) electrons. The van der Waals surface area contributed by atoms with Crippen molar-refractivity contribution >= 4 is 23.9 Å². The molecular weight excluding hydrogens is 522 g/mol. The highest BCUT2D eigenvalue weighted by Gasteiger charge is 2.26. The Hall–Kier alpha value is -5.19. The van der Waals surface area contributed by atoms with Crippen LogP contribution in [-0.4, -0.2) is 35.0 Å². The summed E-state index contributed by atoms with van der Waals surface area (Å²) in [5.74, 6) is -1.42. The summed E-state index contributed by atoms with van der Waals surface area (Å²) in [5.41, 5.74) is 9.94. The van der Waals surface area contributed by atoms with E-state index in [9.17, 15) is 19.3 Å². The van der Waals surface area contributed by atoms with E-state index in [-0.39, 0.29) is 18.7 Å². The van der Waals surface area contributed by atoms with Gasteiger partial charge in [0.05, 0.1) is 5.29 Å². The molecule has 2 aromatic carbocycles. The van der Waals surface area contributed by atoms with Gasteiger partial charge in [-0.05, 0) is 22.8 Å². The van der Waals surface area contributed by atoms with Crippen LogP contribution in [0.3, 0.4) is 0 Å². The standard InChI is InChI=1S/C19H22N4O3.C9H9N3O.C2H6/c1-2-16(24)23-17(14-8-4-3-5-9-14)19(26)22-15(18(20)25)11-13-7-6-10-21-12-13;13-12-11-7-6-10-8-9-4-2-1-3-5-9;1-2/h3-10,12,15,17H,2,11H2,1H3,(H2,20,25)(H,22,26)(H,23,24);1-8H,(H,11,13);1-2H3/b;7-6-,10-8?;. The van der Waals surface area contributed by atoms with Crippen molar-refractivity contribution in [2.75, 3.05) is 0 Å². The van der Waals surface area contributed by atoms with Gasteiger partial charge in [0.2, 0.25) is 17.7 Å². The van der Waals surface area contributed by atoms with Gasteiger partial charge in [0.15, 0.2) is 0 Å². The number of primary amides is 1. The maximum Gasteiger partial charge on any atom is 0.247 e. The van der Waals surface area contributed by atoms with E-state index in [4.69, 9.17) is 5.73 Å². The summed E-state index contributed by atoms with van der Waals surface area (Å²) in [4.78, 5) is 53.8. The number of carbonyl (C=O) groups excluding carboxylic acids is 3. The monoisotopic (exact) mass is 559 g/mol. The van der Waals surface area contributed by atoms with Crippen LogP contribution in [0, 0.1) is 4.91 Å². The fourth-order valence-electron chi connectivity index (χ4n) is 3.22. The summed E-state index contributed by atoms with van der Waals surface area (Å²) in [5, 5.41) is 7.73. The fourth-order valence-corrected chi connectivity index (χ4v) is 3.22. The first-order valence-electron chi connectivity index (χ1n) is 13.1. The van der Waals surface area contributed by atoms with Crippen molar-refractivity contribution in [3.05, 3.63) is 119 Å². The van der Waals surface area contributed by atoms with Crippen LogP contribution in [0.25, 0.3) is 0 Å². The van der Waals surface area contributed by atoms with Crippen molar-refractivity contribution in [3.8, 4) is 0 Å². The van der Waals surface area contributed by atoms with Crippen molar-refractivity contribution < 1.29 is 14.4 Å². The Morgan fingerprint density at radius 1 is 0.951 bits per heavy atom. The highest BCUT2D eigenvalue weighted by Crippen LogP contribution is 2.14. The van der Waals surface area contributed by atoms with Gasteiger partial charge < -0.3 is 16.4 Å². The number of nitrogens with zero attached hydrogens (tertiary/aromatic N) is 3. The molecule has 11 heteroatoms. The Kier molecular flexibility index (Phi) is 17.1. The molecule has 1 heterocycles. The molecule has 3 rings (SSSR count). The Balaban J connectivity index is 0.000000469. The molecule has 0 saturated carbocycles. The zero-order chi connectivity index (χ0) is 30.3. The Labute approximate surface area is 240 Å². The van der Waals surface area contributed by atoms with E-state index in [0.29, 0.717) is 5.56 Å². The Bertz CT molecular complexity index is 1240. The van der Waals surface area contributed by atoms with Gasteiger partial charge >= 0.3 is 0 Å². The molecule has 0 saturated heterocycles. The third kappa shape index (κ3) is 14.0. The first kappa shape index (κ1) is 33.8. The number of hydrogen-bond donors (Lipinski definition) is 4. The van der Waals surface area contributed by atoms with Crippen LogP contribution in [0.4, 0.5) is 0 Å². The van der Waals surface area contributed by atoms with Crippen molar-refractivity contribution in [2.45, 2.75) is 45.7 Å². The van der Waals surface area contributed by atoms with Gasteiger partial charge in [0.25, 0.3) is 0 Å². The number of benzene rings is 2. The first-order chi connectivity index (χ1) is 19.9. The molecule has 216 valence electrons. The minimum Gasteiger partial charge on any atom is -0.368 e. The molecule has 0 aliphatic carbocycles. The molecule has 41 heavy (non-hydrogen) atoms. The number of carbonyl (C=O) groups is 3. The molecule has 0 bridgehead atoms. The van der Waals surface area contributed by atoms with Crippen LogP contribution in [0.5, 0.6) is 0 Å². The molecule has 3 aromatic rings. The predicted octanol–water partition coefficient (Wildman–Crippen LogP) is 3.74. The van der Waals surface area contributed by atoms with Crippen LogP contribution in [-0.2, 0) is 20.8 Å². The average Bonchev–Trinajstić information content (AvgIpc) is 3.02. The SMILES string of the molecule is CC.CCC(=O)NC(C(=O)NC(Cc1cccnc1)C(N)=O)c1ccccc1.O=NN/C=C\N=Cc1ccccc1. The van der Waals surface area contributed by atoms with Gasteiger partial charge in [0.1, 0.15) is 12.1 Å². The number of aliphatic imine (C=N–C) groups is 1. The highest BCUT2D eigenvalue weighted by atomic mass is 16.3. The third-order valence-corrected chi connectivity index (χ3v) is 5.16. The summed E-state index contributed by atoms with van der Waals surface area (Å²) < 4.78 is 0. The number of nitrogens with two attached hydrogens (primary N) is 1. The van der Waals surface area contributed by atoms with E-state index >= 15 is 0 Å². The lowest BCUT2D eigenvalue weighted by Gasteiger charge is -2.22. The van der Waals surface area contributed by atoms with Gasteiger partial charge in [-0.25, -0.2) is 5.43 Å². The van der Waals surface area contributed by atoms with E-state index < -0.39 is 23.9 Å². The minimum absolute atomic E-state index is 0.220. The van der Waals surface area contributed by atoms with Crippen molar-refractivity contribution in [1.29, 1.82) is 0 Å². The quantitative estimate of drug-likeness (QED) is 0.150. The number of pyridine rings is 1. The summed E-state index contributed by atoms with van der Waals surface area (Å²) in [6.45, 7) is 5.70. The Morgan fingerprint density at radius 2 is 1.61 bits per heavy atom. The zero-order valence-corrected chi connectivity index (χ0v) is 23.4. The van der Waals surface area contributed by atoms with Gasteiger partial charge in [-0.1, -0.05) is 87.5 Å².